The van der Waals surface area contributed by atoms with Crippen molar-refractivity contribution in [1.29, 1.82) is 0 Å². The first-order valence-electron chi connectivity index (χ1n) is 8.86. The number of ether oxygens (including phenoxy) is 1. The van der Waals surface area contributed by atoms with E-state index in [0.29, 0.717) is 29.4 Å². The molecule has 132 valence electrons. The summed E-state index contributed by atoms with van der Waals surface area (Å²) in [5.41, 5.74) is 6.62. The van der Waals surface area contributed by atoms with Gasteiger partial charge in [-0.25, -0.2) is 4.98 Å². The Labute approximate surface area is 148 Å². The fraction of sp³-hybridized carbons (Fsp3) is 0.450. The zero-order valence-corrected chi connectivity index (χ0v) is 15.6. The summed E-state index contributed by atoms with van der Waals surface area (Å²) in [4.78, 5) is 8.97. The average molecular weight is 339 g/mol. The molecule has 5 nitrogen and oxygen atoms in total. The third-order valence-electron chi connectivity index (χ3n) is 4.30. The highest BCUT2D eigenvalue weighted by atomic mass is 16.5. The molecule has 0 radical (unpaired) electrons. The minimum Gasteiger partial charge on any atom is -0.475 e. The van der Waals surface area contributed by atoms with Crippen molar-refractivity contribution in [2.24, 2.45) is 0 Å². The van der Waals surface area contributed by atoms with E-state index in [9.17, 15) is 0 Å². The van der Waals surface area contributed by atoms with E-state index in [0.717, 1.165) is 41.6 Å². The van der Waals surface area contributed by atoms with Gasteiger partial charge in [-0.15, -0.1) is 0 Å². The first-order chi connectivity index (χ1) is 12.0. The molecule has 2 aromatic heterocycles. The number of aromatic nitrogens is 3. The third kappa shape index (κ3) is 3.50. The molecular weight excluding hydrogens is 314 g/mol. The molecule has 1 aromatic carbocycles. The second-order valence-electron chi connectivity index (χ2n) is 6.61. The topological polar surface area (TPSA) is 61.0 Å². The van der Waals surface area contributed by atoms with Crippen molar-refractivity contribution >= 4 is 11.1 Å². The Hall–Kier alpha value is -2.43. The summed E-state index contributed by atoms with van der Waals surface area (Å²) in [7, 11) is 0. The lowest BCUT2D eigenvalue weighted by Crippen LogP contribution is -2.01. The number of hydrogen-bond acceptors (Lipinski definition) is 5. The van der Waals surface area contributed by atoms with Gasteiger partial charge in [-0.1, -0.05) is 42.6 Å². The maximum absolute atomic E-state index is 5.85. The van der Waals surface area contributed by atoms with Crippen LogP contribution in [0, 0.1) is 27.7 Å². The smallest absolute Gasteiger partial charge is 0.264 e. The first kappa shape index (κ1) is 17.4. The van der Waals surface area contributed by atoms with Gasteiger partial charge in [0.25, 0.3) is 5.88 Å². The molecule has 5 heteroatoms. The third-order valence-corrected chi connectivity index (χ3v) is 4.30. The zero-order chi connectivity index (χ0) is 18.0. The van der Waals surface area contributed by atoms with E-state index in [-0.39, 0.29) is 0 Å². The normalized spacial score (nSPS) is 11.2. The van der Waals surface area contributed by atoms with Crippen molar-refractivity contribution < 1.29 is 9.26 Å². The summed E-state index contributed by atoms with van der Waals surface area (Å²) < 4.78 is 11.4. The summed E-state index contributed by atoms with van der Waals surface area (Å²) in [6.45, 7) is 10.9. The Morgan fingerprint density at radius 2 is 1.72 bits per heavy atom. The van der Waals surface area contributed by atoms with Crippen molar-refractivity contribution in [3.8, 4) is 17.1 Å². The van der Waals surface area contributed by atoms with Crippen molar-refractivity contribution in [1.82, 2.24) is 15.1 Å². The number of nitrogens with zero attached hydrogens (tertiary/aromatic N) is 3. The Kier molecular flexibility index (Phi) is 5.02. The van der Waals surface area contributed by atoms with Gasteiger partial charge in [-0.05, 0) is 45.2 Å². The van der Waals surface area contributed by atoms with E-state index in [4.69, 9.17) is 9.26 Å². The lowest BCUT2D eigenvalue weighted by Gasteiger charge is -2.09. The molecule has 0 saturated heterocycles. The maximum Gasteiger partial charge on any atom is 0.264 e. The number of aryl methyl sites for hydroxylation is 4. The van der Waals surface area contributed by atoms with Crippen molar-refractivity contribution in [2.75, 3.05) is 6.61 Å². The van der Waals surface area contributed by atoms with E-state index in [2.05, 4.69) is 55.0 Å². The average Bonchev–Trinajstić information content (AvgIpc) is 2.94. The van der Waals surface area contributed by atoms with Crippen LogP contribution < -0.4 is 4.74 Å². The molecule has 0 aliphatic heterocycles. The Morgan fingerprint density at radius 3 is 2.40 bits per heavy atom. The van der Waals surface area contributed by atoms with Gasteiger partial charge in [0.05, 0.1) is 6.61 Å². The van der Waals surface area contributed by atoms with Gasteiger partial charge in [0.2, 0.25) is 5.58 Å². The number of rotatable bonds is 6. The maximum atomic E-state index is 5.85. The van der Waals surface area contributed by atoms with E-state index >= 15 is 0 Å². The van der Waals surface area contributed by atoms with Gasteiger partial charge < -0.3 is 9.26 Å². The Bertz CT molecular complexity index is 876. The quantitative estimate of drug-likeness (QED) is 0.586. The monoisotopic (exact) mass is 339 g/mol. The van der Waals surface area contributed by atoms with Crippen LogP contribution in [0.1, 0.15) is 48.7 Å². The summed E-state index contributed by atoms with van der Waals surface area (Å²) in [5.74, 6) is 1.14. The van der Waals surface area contributed by atoms with E-state index < -0.39 is 0 Å². The predicted molar refractivity (Wildman–Crippen MR) is 99.0 cm³/mol. The molecule has 0 N–H and O–H groups in total. The molecule has 0 bridgehead atoms. The largest absolute Gasteiger partial charge is 0.475 e. The van der Waals surface area contributed by atoms with Gasteiger partial charge in [-0.3, -0.25) is 0 Å². The van der Waals surface area contributed by atoms with E-state index in [1.807, 2.05) is 6.92 Å². The van der Waals surface area contributed by atoms with Gasteiger partial charge in [0.1, 0.15) is 17.0 Å². The second kappa shape index (κ2) is 7.21. The molecule has 0 amide bonds. The highest BCUT2D eigenvalue weighted by Gasteiger charge is 2.21. The molecule has 25 heavy (non-hydrogen) atoms. The van der Waals surface area contributed by atoms with E-state index in [1.165, 1.54) is 5.56 Å². The molecule has 0 aliphatic rings. The molecule has 3 aromatic rings. The fourth-order valence-electron chi connectivity index (χ4n) is 3.25. The van der Waals surface area contributed by atoms with Gasteiger partial charge in [0, 0.05) is 5.56 Å². The first-order valence-corrected chi connectivity index (χ1v) is 8.86. The van der Waals surface area contributed by atoms with E-state index in [1.54, 1.807) is 0 Å². The Balaban J connectivity index is 2.06. The van der Waals surface area contributed by atoms with Crippen molar-refractivity contribution in [3.63, 3.8) is 0 Å². The summed E-state index contributed by atoms with van der Waals surface area (Å²) >= 11 is 0. The van der Waals surface area contributed by atoms with Crippen LogP contribution in [0.3, 0.4) is 0 Å². The van der Waals surface area contributed by atoms with Gasteiger partial charge in [0.15, 0.2) is 0 Å². The molecule has 0 spiro atoms. The number of unbranched alkanes of at least 4 members (excludes halogenated alkanes) is 2. The number of benzene rings is 1. The molecule has 0 fully saturated rings. The van der Waals surface area contributed by atoms with Gasteiger partial charge in [-0.2, -0.15) is 4.98 Å². The fourth-order valence-corrected chi connectivity index (χ4v) is 3.25. The Morgan fingerprint density at radius 1 is 1.00 bits per heavy atom. The van der Waals surface area contributed by atoms with Gasteiger partial charge >= 0.3 is 0 Å². The van der Waals surface area contributed by atoms with Crippen LogP contribution in [0.5, 0.6) is 5.88 Å². The van der Waals surface area contributed by atoms with Crippen LogP contribution in [0.4, 0.5) is 0 Å². The minimum atomic E-state index is 0.486. The van der Waals surface area contributed by atoms with Crippen LogP contribution in [-0.4, -0.2) is 21.7 Å². The standard InChI is InChI=1S/C20H25N3O2/c1-6-7-8-9-24-20-19-18(21-15(5)22-20)17(23-25-19)16-13(3)10-12(2)11-14(16)4/h10-11H,6-9H2,1-5H3. The molecule has 3 rings (SSSR count). The summed E-state index contributed by atoms with van der Waals surface area (Å²) in [6.07, 6.45) is 3.29. The van der Waals surface area contributed by atoms with Crippen molar-refractivity contribution in [3.05, 3.63) is 34.6 Å². The highest BCUT2D eigenvalue weighted by Crippen LogP contribution is 2.35. The molecule has 0 aliphatic carbocycles. The number of fused-ring (bicyclic) bond motifs is 1. The lowest BCUT2D eigenvalue weighted by molar-refractivity contribution is 0.290. The van der Waals surface area contributed by atoms with Crippen LogP contribution in [0.2, 0.25) is 0 Å². The number of hydrogen-bond donors (Lipinski definition) is 0. The lowest BCUT2D eigenvalue weighted by atomic mass is 9.97. The van der Waals surface area contributed by atoms with Crippen LogP contribution in [-0.2, 0) is 0 Å². The SMILES string of the molecule is CCCCCOc1nc(C)nc2c(-c3c(C)cc(C)cc3C)noc12. The molecule has 2 heterocycles. The molecular formula is C20H25N3O2. The molecule has 0 atom stereocenters. The predicted octanol–water partition coefficient (Wildman–Crippen LogP) is 5.09. The van der Waals surface area contributed by atoms with Crippen LogP contribution >= 0.6 is 0 Å². The van der Waals surface area contributed by atoms with Crippen molar-refractivity contribution in [2.45, 2.75) is 53.9 Å². The summed E-state index contributed by atoms with van der Waals surface area (Å²) in [6, 6.07) is 4.30. The minimum absolute atomic E-state index is 0.486. The highest BCUT2D eigenvalue weighted by molar-refractivity contribution is 5.92. The molecule has 0 unspecified atom stereocenters. The second-order valence-corrected chi connectivity index (χ2v) is 6.61. The molecule has 0 saturated carbocycles. The van der Waals surface area contributed by atoms with Crippen LogP contribution in [0.25, 0.3) is 22.4 Å². The summed E-state index contributed by atoms with van der Waals surface area (Å²) in [5, 5.41) is 4.31. The zero-order valence-electron chi connectivity index (χ0n) is 15.6. The van der Waals surface area contributed by atoms with Crippen LogP contribution in [0.15, 0.2) is 16.7 Å².